The van der Waals surface area contributed by atoms with Crippen LogP contribution >= 0.6 is 0 Å². The Morgan fingerprint density at radius 2 is 1.67 bits per heavy atom. The second-order valence-electron chi connectivity index (χ2n) is 12.9. The van der Waals surface area contributed by atoms with Gasteiger partial charge in [-0.1, -0.05) is 6.92 Å². The number of ether oxygens (including phenoxy) is 4. The van der Waals surface area contributed by atoms with Gasteiger partial charge in [0.15, 0.2) is 11.5 Å². The standard InChI is InChI=1S/C36H45FN4O9S/c1-23-19-41(24(2)21-42)35(43)30-17-27(38-36(44)39-28-11-15-32-33(18-28)49-22-48-32)10-14-31(30)50-25(3)7-5-6-16-47-34(23)20-40(4)51(45,46)29-12-8-26(37)9-13-29/h8-15,17-18,23-25,34,42H,5-7,16,19-22H2,1-4H3,(H2,38,39,44)/t23-,24-,25+,34-/m1/s1. The first-order valence-corrected chi connectivity index (χ1v) is 18.3. The summed E-state index contributed by atoms with van der Waals surface area (Å²) < 4.78 is 64.7. The van der Waals surface area contributed by atoms with Gasteiger partial charge in [0.2, 0.25) is 16.8 Å². The summed E-state index contributed by atoms with van der Waals surface area (Å²) in [5.74, 6) is 0.0262. The van der Waals surface area contributed by atoms with Crippen LogP contribution in [-0.2, 0) is 14.8 Å². The molecule has 3 N–H and O–H groups in total. The fourth-order valence-electron chi connectivity index (χ4n) is 5.87. The van der Waals surface area contributed by atoms with Crippen LogP contribution in [0.25, 0.3) is 0 Å². The molecule has 51 heavy (non-hydrogen) atoms. The molecule has 276 valence electrons. The summed E-state index contributed by atoms with van der Waals surface area (Å²) in [7, 11) is -2.54. The van der Waals surface area contributed by atoms with Gasteiger partial charge in [-0.3, -0.25) is 4.79 Å². The van der Waals surface area contributed by atoms with E-state index in [4.69, 9.17) is 18.9 Å². The zero-order valence-electron chi connectivity index (χ0n) is 29.1. The highest BCUT2D eigenvalue weighted by Crippen LogP contribution is 2.34. The molecule has 5 rings (SSSR count). The van der Waals surface area contributed by atoms with Crippen molar-refractivity contribution in [2.45, 2.75) is 63.2 Å². The van der Waals surface area contributed by atoms with Gasteiger partial charge in [-0.15, -0.1) is 0 Å². The molecule has 0 unspecified atom stereocenters. The van der Waals surface area contributed by atoms with E-state index in [9.17, 15) is 27.5 Å². The first kappa shape index (κ1) is 37.8. The molecule has 0 saturated carbocycles. The van der Waals surface area contributed by atoms with E-state index >= 15 is 0 Å². The molecule has 15 heteroatoms. The van der Waals surface area contributed by atoms with E-state index in [1.165, 1.54) is 34.5 Å². The molecule has 0 aliphatic carbocycles. The number of urea groups is 1. The summed E-state index contributed by atoms with van der Waals surface area (Å²) in [5.41, 5.74) is 0.991. The number of amides is 3. The second-order valence-corrected chi connectivity index (χ2v) is 14.9. The van der Waals surface area contributed by atoms with Crippen LogP contribution in [0.2, 0.25) is 0 Å². The van der Waals surface area contributed by atoms with E-state index in [1.54, 1.807) is 37.3 Å². The molecule has 0 saturated heterocycles. The number of likely N-dealkylation sites (N-methyl/N-ethyl adjacent to an activating group) is 1. The minimum absolute atomic E-state index is 0.0287. The molecule has 0 radical (unpaired) electrons. The topological polar surface area (TPSA) is 156 Å². The van der Waals surface area contributed by atoms with Gasteiger partial charge in [0, 0.05) is 50.1 Å². The highest BCUT2D eigenvalue weighted by atomic mass is 32.2. The average Bonchev–Trinajstić information content (AvgIpc) is 3.57. The Labute approximate surface area is 297 Å². The average molecular weight is 729 g/mol. The number of fused-ring (bicyclic) bond motifs is 2. The number of anilines is 2. The highest BCUT2D eigenvalue weighted by molar-refractivity contribution is 7.89. The van der Waals surface area contributed by atoms with Gasteiger partial charge in [-0.05, 0) is 87.7 Å². The van der Waals surface area contributed by atoms with E-state index in [2.05, 4.69) is 10.6 Å². The smallest absolute Gasteiger partial charge is 0.323 e. The minimum atomic E-state index is -3.97. The summed E-state index contributed by atoms with van der Waals surface area (Å²) in [6, 6.07) is 13.3. The Kier molecular flexibility index (Phi) is 12.4. The fourth-order valence-corrected chi connectivity index (χ4v) is 7.05. The number of benzene rings is 3. The number of carbonyl (C=O) groups excluding carboxylic acids is 2. The van der Waals surface area contributed by atoms with E-state index in [-0.39, 0.29) is 43.1 Å². The lowest BCUT2D eigenvalue weighted by Gasteiger charge is -2.35. The lowest BCUT2D eigenvalue weighted by molar-refractivity contribution is -0.00834. The first-order valence-electron chi connectivity index (χ1n) is 16.9. The normalized spacial score (nSPS) is 20.6. The Morgan fingerprint density at radius 3 is 2.37 bits per heavy atom. The predicted molar refractivity (Wildman–Crippen MR) is 188 cm³/mol. The molecule has 0 fully saturated rings. The van der Waals surface area contributed by atoms with Gasteiger partial charge in [0.25, 0.3) is 5.91 Å². The number of rotatable bonds is 8. The van der Waals surface area contributed by atoms with Crippen molar-refractivity contribution in [1.82, 2.24) is 9.21 Å². The minimum Gasteiger partial charge on any atom is -0.490 e. The van der Waals surface area contributed by atoms with Crippen molar-refractivity contribution in [3.8, 4) is 17.2 Å². The Morgan fingerprint density at radius 1 is 1.00 bits per heavy atom. The maximum atomic E-state index is 14.4. The van der Waals surface area contributed by atoms with Crippen molar-refractivity contribution in [3.63, 3.8) is 0 Å². The van der Waals surface area contributed by atoms with Crippen LogP contribution in [0.1, 0.15) is 50.4 Å². The zero-order valence-corrected chi connectivity index (χ0v) is 30.0. The number of hydrogen-bond donors (Lipinski definition) is 3. The maximum Gasteiger partial charge on any atom is 0.323 e. The third-order valence-electron chi connectivity index (χ3n) is 8.90. The van der Waals surface area contributed by atoms with Gasteiger partial charge in [0.05, 0.1) is 35.3 Å². The SMILES string of the molecule is C[C@@H]1CN([C@H](C)CO)C(=O)c2cc(NC(=O)Nc3ccc4c(c3)OCO4)ccc2O[C@@H](C)CCCCO[C@@H]1CN(C)S(=O)(=O)c1ccc(F)cc1. The van der Waals surface area contributed by atoms with Gasteiger partial charge in [0.1, 0.15) is 11.6 Å². The number of carbonyl (C=O) groups is 2. The summed E-state index contributed by atoms with van der Waals surface area (Å²) >= 11 is 0. The number of nitrogens with one attached hydrogen (secondary N) is 2. The number of aliphatic hydroxyl groups is 1. The highest BCUT2D eigenvalue weighted by Gasteiger charge is 2.32. The van der Waals surface area contributed by atoms with Crippen LogP contribution in [0.4, 0.5) is 20.6 Å². The number of hydrogen-bond acceptors (Lipinski definition) is 9. The molecule has 13 nitrogen and oxygen atoms in total. The number of sulfonamides is 1. The predicted octanol–water partition coefficient (Wildman–Crippen LogP) is 5.31. The molecule has 0 spiro atoms. The molecule has 4 atom stereocenters. The molecular formula is C36H45FN4O9S. The summed E-state index contributed by atoms with van der Waals surface area (Å²) in [6.45, 7) is 5.66. The van der Waals surface area contributed by atoms with Gasteiger partial charge in [-0.2, -0.15) is 4.31 Å². The number of halogens is 1. The monoisotopic (exact) mass is 728 g/mol. The van der Waals surface area contributed by atoms with Crippen LogP contribution < -0.4 is 24.8 Å². The van der Waals surface area contributed by atoms with Crippen LogP contribution in [0.15, 0.2) is 65.6 Å². The fraction of sp³-hybridized carbons (Fsp3) is 0.444. The van der Waals surface area contributed by atoms with Crippen LogP contribution in [0.3, 0.4) is 0 Å². The van der Waals surface area contributed by atoms with E-state index in [1.807, 2.05) is 13.8 Å². The number of aliphatic hydroxyl groups excluding tert-OH is 1. The maximum absolute atomic E-state index is 14.4. The van der Waals surface area contributed by atoms with Gasteiger partial charge in [-0.25, -0.2) is 17.6 Å². The van der Waals surface area contributed by atoms with Crippen LogP contribution in [0.5, 0.6) is 17.2 Å². The third kappa shape index (κ3) is 9.47. The van der Waals surface area contributed by atoms with E-state index < -0.39 is 45.8 Å². The van der Waals surface area contributed by atoms with Crippen molar-refractivity contribution < 1.29 is 46.5 Å². The van der Waals surface area contributed by atoms with Gasteiger partial charge >= 0.3 is 6.03 Å². The Hall–Kier alpha value is -4.44. The van der Waals surface area contributed by atoms with Crippen molar-refractivity contribution >= 4 is 33.3 Å². The molecule has 2 heterocycles. The molecule has 0 aromatic heterocycles. The molecule has 3 aromatic carbocycles. The molecule has 3 aromatic rings. The largest absolute Gasteiger partial charge is 0.490 e. The van der Waals surface area contributed by atoms with Gasteiger partial charge < -0.3 is 39.6 Å². The lowest BCUT2D eigenvalue weighted by atomic mass is 10.0. The quantitative estimate of drug-likeness (QED) is 0.280. The Balaban J connectivity index is 1.39. The van der Waals surface area contributed by atoms with Crippen molar-refractivity contribution in [3.05, 3.63) is 72.0 Å². The molecule has 2 aliphatic rings. The molecule has 0 bridgehead atoms. The van der Waals surface area contributed by atoms with Crippen LogP contribution in [-0.4, -0.2) is 93.1 Å². The zero-order chi connectivity index (χ0) is 36.7. The Bertz CT molecular complexity index is 1790. The molecular weight excluding hydrogens is 683 g/mol. The molecule has 3 amide bonds. The summed E-state index contributed by atoms with van der Waals surface area (Å²) in [6.07, 6.45) is 1.20. The van der Waals surface area contributed by atoms with E-state index in [0.717, 1.165) is 18.6 Å². The van der Waals surface area contributed by atoms with Crippen molar-refractivity contribution in [2.75, 3.05) is 50.8 Å². The summed E-state index contributed by atoms with van der Waals surface area (Å²) in [5, 5.41) is 15.8. The van der Waals surface area contributed by atoms with E-state index in [0.29, 0.717) is 48.1 Å². The second kappa shape index (κ2) is 16.7. The van der Waals surface area contributed by atoms with Crippen molar-refractivity contribution in [1.29, 1.82) is 0 Å². The summed E-state index contributed by atoms with van der Waals surface area (Å²) in [4.78, 5) is 28.8. The molecule has 2 aliphatic heterocycles. The third-order valence-corrected chi connectivity index (χ3v) is 10.7. The van der Waals surface area contributed by atoms with Crippen LogP contribution in [0, 0.1) is 11.7 Å². The number of nitrogens with zero attached hydrogens (tertiary/aromatic N) is 2. The van der Waals surface area contributed by atoms with Crippen molar-refractivity contribution in [2.24, 2.45) is 5.92 Å². The lowest BCUT2D eigenvalue weighted by Crippen LogP contribution is -2.48. The first-order chi connectivity index (χ1) is 24.3.